The van der Waals surface area contributed by atoms with Crippen LogP contribution in [0.1, 0.15) is 6.04 Å². The van der Waals surface area contributed by atoms with Gasteiger partial charge in [-0.3, -0.25) is 4.68 Å². The van der Waals surface area contributed by atoms with Gasteiger partial charge in [-0.2, -0.15) is 5.10 Å². The zero-order valence-electron chi connectivity index (χ0n) is 7.10. The molecular weight excluding hydrogens is 154 g/mol. The van der Waals surface area contributed by atoms with Crippen LogP contribution in [0.4, 0.5) is 0 Å². The van der Waals surface area contributed by atoms with Crippen LogP contribution in [0, 0.1) is 0 Å². The minimum Gasteiger partial charge on any atom is -0.378 e. The first-order valence-electron chi connectivity index (χ1n) is 4.14. The van der Waals surface area contributed by atoms with Gasteiger partial charge in [-0.1, -0.05) is 0 Å². The van der Waals surface area contributed by atoms with E-state index in [0.29, 0.717) is 6.04 Å². The third-order valence-electron chi connectivity index (χ3n) is 2.30. The molecule has 0 aromatic carbocycles. The Hall–Kier alpha value is -0.870. The average Bonchev–Trinajstić information content (AvgIpc) is 2.74. The third-order valence-corrected chi connectivity index (χ3v) is 2.30. The molecule has 1 saturated heterocycles. The van der Waals surface area contributed by atoms with Gasteiger partial charge in [0.25, 0.3) is 0 Å². The summed E-state index contributed by atoms with van der Waals surface area (Å²) in [4.78, 5) is 0. The molecule has 4 nitrogen and oxygen atoms in total. The van der Waals surface area contributed by atoms with Crippen molar-refractivity contribution >= 4 is 0 Å². The summed E-state index contributed by atoms with van der Waals surface area (Å²) in [5.41, 5.74) is 0. The molecule has 1 aliphatic heterocycles. The maximum atomic E-state index is 5.32. The van der Waals surface area contributed by atoms with Crippen LogP contribution in [0.2, 0.25) is 0 Å². The molecule has 1 aromatic rings. The summed E-state index contributed by atoms with van der Waals surface area (Å²) in [5, 5.41) is 7.47. The lowest BCUT2D eigenvalue weighted by molar-refractivity contribution is 0.0826. The van der Waals surface area contributed by atoms with Crippen molar-refractivity contribution in [1.82, 2.24) is 15.1 Å². The van der Waals surface area contributed by atoms with Crippen LogP contribution in [-0.4, -0.2) is 36.1 Å². The predicted octanol–water partition coefficient (Wildman–Crippen LogP) is 0.0424. The molecule has 0 amide bonds. The van der Waals surface area contributed by atoms with Crippen molar-refractivity contribution in [2.75, 3.05) is 20.2 Å². The van der Waals surface area contributed by atoms with Gasteiger partial charge in [0.05, 0.1) is 12.1 Å². The SMILES string of the molecule is CO[C@H]1CNC[C@@H]1n1cccn1. The third kappa shape index (κ3) is 1.23. The van der Waals surface area contributed by atoms with Gasteiger partial charge in [0, 0.05) is 32.6 Å². The Morgan fingerprint density at radius 1 is 1.58 bits per heavy atom. The van der Waals surface area contributed by atoms with Crippen molar-refractivity contribution in [2.24, 2.45) is 0 Å². The first-order chi connectivity index (χ1) is 5.92. The van der Waals surface area contributed by atoms with E-state index in [0.717, 1.165) is 13.1 Å². The minimum atomic E-state index is 0.255. The summed E-state index contributed by atoms with van der Waals surface area (Å²) in [5.74, 6) is 0. The maximum Gasteiger partial charge on any atom is 0.0931 e. The van der Waals surface area contributed by atoms with Crippen molar-refractivity contribution < 1.29 is 4.74 Å². The lowest BCUT2D eigenvalue weighted by Gasteiger charge is -2.16. The zero-order chi connectivity index (χ0) is 8.39. The van der Waals surface area contributed by atoms with Crippen LogP contribution < -0.4 is 5.32 Å². The summed E-state index contributed by atoms with van der Waals surface area (Å²) in [6.45, 7) is 1.86. The van der Waals surface area contributed by atoms with Crippen LogP contribution >= 0.6 is 0 Å². The number of hydrogen-bond donors (Lipinski definition) is 1. The van der Waals surface area contributed by atoms with Crippen LogP contribution in [0.5, 0.6) is 0 Å². The molecule has 1 N–H and O–H groups in total. The van der Waals surface area contributed by atoms with E-state index in [4.69, 9.17) is 4.74 Å². The van der Waals surface area contributed by atoms with Gasteiger partial charge < -0.3 is 10.1 Å². The van der Waals surface area contributed by atoms with E-state index >= 15 is 0 Å². The van der Waals surface area contributed by atoms with E-state index in [1.54, 1.807) is 13.3 Å². The lowest BCUT2D eigenvalue weighted by atomic mass is 10.2. The van der Waals surface area contributed by atoms with Crippen molar-refractivity contribution in [3.8, 4) is 0 Å². The standard InChI is InChI=1S/C8H13N3O/c1-12-8-6-9-5-7(8)11-4-2-3-10-11/h2-4,7-9H,5-6H2,1H3/t7-,8-/m0/s1. The maximum absolute atomic E-state index is 5.32. The topological polar surface area (TPSA) is 39.1 Å². The Bertz CT molecular complexity index is 234. The summed E-state index contributed by atoms with van der Waals surface area (Å²) < 4.78 is 7.28. The van der Waals surface area contributed by atoms with Gasteiger partial charge in [0.15, 0.2) is 0 Å². The second-order valence-electron chi connectivity index (χ2n) is 2.99. The minimum absolute atomic E-state index is 0.255. The summed E-state index contributed by atoms with van der Waals surface area (Å²) in [7, 11) is 1.74. The molecule has 2 heterocycles. The largest absolute Gasteiger partial charge is 0.378 e. The van der Waals surface area contributed by atoms with Gasteiger partial charge in [-0.15, -0.1) is 0 Å². The number of hydrogen-bond acceptors (Lipinski definition) is 3. The fraction of sp³-hybridized carbons (Fsp3) is 0.625. The Kier molecular flexibility index (Phi) is 2.10. The van der Waals surface area contributed by atoms with E-state index in [1.807, 2.05) is 16.9 Å². The van der Waals surface area contributed by atoms with Gasteiger partial charge in [0.1, 0.15) is 0 Å². The lowest BCUT2D eigenvalue weighted by Crippen LogP contribution is -2.24. The molecular formula is C8H13N3O. The first kappa shape index (κ1) is 7.76. The molecule has 2 rings (SSSR count). The zero-order valence-corrected chi connectivity index (χ0v) is 7.10. The van der Waals surface area contributed by atoms with Gasteiger partial charge in [0.2, 0.25) is 0 Å². The number of ether oxygens (including phenoxy) is 1. The Morgan fingerprint density at radius 2 is 2.50 bits per heavy atom. The normalized spacial score (nSPS) is 29.4. The van der Waals surface area contributed by atoms with Crippen molar-refractivity contribution in [3.05, 3.63) is 18.5 Å². The highest BCUT2D eigenvalue weighted by atomic mass is 16.5. The van der Waals surface area contributed by atoms with Crippen LogP contribution in [0.3, 0.4) is 0 Å². The highest BCUT2D eigenvalue weighted by molar-refractivity contribution is 4.90. The number of aromatic nitrogens is 2. The molecule has 0 aliphatic carbocycles. The van der Waals surface area contributed by atoms with Gasteiger partial charge in [-0.25, -0.2) is 0 Å². The summed E-state index contributed by atoms with van der Waals surface area (Å²) in [6, 6.07) is 2.29. The molecule has 2 atom stereocenters. The fourth-order valence-corrected chi connectivity index (χ4v) is 1.62. The van der Waals surface area contributed by atoms with Crippen LogP contribution in [-0.2, 0) is 4.74 Å². The predicted molar refractivity (Wildman–Crippen MR) is 44.9 cm³/mol. The number of rotatable bonds is 2. The van der Waals surface area contributed by atoms with Crippen LogP contribution in [0.15, 0.2) is 18.5 Å². The number of nitrogens with one attached hydrogen (secondary N) is 1. The van der Waals surface area contributed by atoms with E-state index in [9.17, 15) is 0 Å². The van der Waals surface area contributed by atoms with Crippen molar-refractivity contribution in [2.45, 2.75) is 12.1 Å². The molecule has 0 saturated carbocycles. The summed E-state index contributed by atoms with van der Waals surface area (Å²) in [6.07, 6.45) is 4.03. The van der Waals surface area contributed by atoms with Gasteiger partial charge in [-0.05, 0) is 6.07 Å². The van der Waals surface area contributed by atoms with Gasteiger partial charge >= 0.3 is 0 Å². The number of nitrogens with zero attached hydrogens (tertiary/aromatic N) is 2. The second kappa shape index (κ2) is 3.25. The monoisotopic (exact) mass is 167 g/mol. The first-order valence-corrected chi connectivity index (χ1v) is 4.14. The average molecular weight is 167 g/mol. The van der Waals surface area contributed by atoms with E-state index < -0.39 is 0 Å². The second-order valence-corrected chi connectivity index (χ2v) is 2.99. The molecule has 4 heteroatoms. The Morgan fingerprint density at radius 3 is 3.17 bits per heavy atom. The molecule has 66 valence electrons. The molecule has 0 bridgehead atoms. The highest BCUT2D eigenvalue weighted by Crippen LogP contribution is 2.16. The highest BCUT2D eigenvalue weighted by Gasteiger charge is 2.28. The fourth-order valence-electron chi connectivity index (χ4n) is 1.62. The molecule has 1 aliphatic rings. The molecule has 1 fully saturated rings. The molecule has 1 aromatic heterocycles. The Labute approximate surface area is 71.5 Å². The summed E-state index contributed by atoms with van der Waals surface area (Å²) >= 11 is 0. The molecule has 12 heavy (non-hydrogen) atoms. The van der Waals surface area contributed by atoms with E-state index in [1.165, 1.54) is 0 Å². The van der Waals surface area contributed by atoms with Crippen molar-refractivity contribution in [3.63, 3.8) is 0 Å². The quantitative estimate of drug-likeness (QED) is 0.676. The van der Waals surface area contributed by atoms with Crippen molar-refractivity contribution in [1.29, 1.82) is 0 Å². The van der Waals surface area contributed by atoms with E-state index in [-0.39, 0.29) is 6.10 Å². The van der Waals surface area contributed by atoms with E-state index in [2.05, 4.69) is 10.4 Å². The smallest absolute Gasteiger partial charge is 0.0931 e. The molecule has 0 spiro atoms. The molecule has 0 radical (unpaired) electrons. The Balaban J connectivity index is 2.13. The number of methoxy groups -OCH3 is 1. The molecule has 0 unspecified atom stereocenters. The van der Waals surface area contributed by atoms with Crippen LogP contribution in [0.25, 0.3) is 0 Å².